The van der Waals surface area contributed by atoms with Crippen LogP contribution in [0.3, 0.4) is 0 Å². The molecule has 2 aromatic heterocycles. The molecule has 0 radical (unpaired) electrons. The first kappa shape index (κ1) is 20.8. The van der Waals surface area contributed by atoms with E-state index in [4.69, 9.17) is 9.26 Å². The van der Waals surface area contributed by atoms with E-state index in [0.717, 1.165) is 11.9 Å². The summed E-state index contributed by atoms with van der Waals surface area (Å²) in [5, 5.41) is 6.57. The average molecular weight is 426 g/mol. The molecule has 0 spiro atoms. The van der Waals surface area contributed by atoms with Crippen LogP contribution in [0.25, 0.3) is 10.9 Å². The van der Waals surface area contributed by atoms with Gasteiger partial charge in [0.2, 0.25) is 0 Å². The first-order valence-electron chi connectivity index (χ1n) is 8.71. The highest BCUT2D eigenvalue weighted by molar-refractivity contribution is 7.50. The summed E-state index contributed by atoms with van der Waals surface area (Å²) < 4.78 is 36.5. The van der Waals surface area contributed by atoms with Gasteiger partial charge in [-0.3, -0.25) is 0 Å². The lowest BCUT2D eigenvalue weighted by Crippen LogP contribution is -2.21. The van der Waals surface area contributed by atoms with Gasteiger partial charge < -0.3 is 14.6 Å². The van der Waals surface area contributed by atoms with Gasteiger partial charge in [-0.15, -0.1) is 11.3 Å². The second kappa shape index (κ2) is 10.0. The third kappa shape index (κ3) is 5.31. The van der Waals surface area contributed by atoms with E-state index in [9.17, 15) is 8.78 Å². The molecule has 3 aromatic rings. The zero-order valence-electron chi connectivity index (χ0n) is 15.6. The third-order valence-corrected chi connectivity index (χ3v) is 6.04. The predicted molar refractivity (Wildman–Crippen MR) is 109 cm³/mol. The highest BCUT2D eigenvalue weighted by Gasteiger charge is 2.13. The largest absolute Gasteiger partial charge is 0.485 e. The second-order valence-corrected chi connectivity index (χ2v) is 8.61. The van der Waals surface area contributed by atoms with E-state index in [-0.39, 0.29) is 0 Å². The Morgan fingerprint density at radius 1 is 1.25 bits per heavy atom. The molecule has 150 valence electrons. The number of anilines is 2. The molecule has 1 N–H and O–H groups in total. The van der Waals surface area contributed by atoms with Crippen molar-refractivity contribution in [2.24, 2.45) is 0 Å². The Hall–Kier alpha value is -1.96. The SMILES string of the molecule is CCOP(C)Cc1csc(Nc2ncnc3ccc(OC(CF)CF)cc23)n1. The molecule has 0 aliphatic rings. The molecule has 3 rings (SSSR count). The molecule has 0 fully saturated rings. The van der Waals surface area contributed by atoms with Gasteiger partial charge in [0.15, 0.2) is 11.2 Å². The molecule has 0 bridgehead atoms. The van der Waals surface area contributed by atoms with Crippen LogP contribution in [0.5, 0.6) is 5.75 Å². The van der Waals surface area contributed by atoms with Crippen molar-refractivity contribution < 1.29 is 18.0 Å². The van der Waals surface area contributed by atoms with Gasteiger partial charge in [-0.25, -0.2) is 23.7 Å². The number of ether oxygens (including phenoxy) is 1. The maximum Gasteiger partial charge on any atom is 0.188 e. The second-order valence-electron chi connectivity index (χ2n) is 5.92. The van der Waals surface area contributed by atoms with Gasteiger partial charge in [-0.1, -0.05) is 0 Å². The molecule has 2 heterocycles. The smallest absolute Gasteiger partial charge is 0.188 e. The van der Waals surface area contributed by atoms with Crippen LogP contribution in [0.1, 0.15) is 12.6 Å². The Morgan fingerprint density at radius 3 is 2.82 bits per heavy atom. The Kier molecular flexibility index (Phi) is 7.42. The molecule has 0 aliphatic carbocycles. The normalized spacial score (nSPS) is 12.5. The lowest BCUT2D eigenvalue weighted by molar-refractivity contribution is 0.134. The molecule has 0 aliphatic heterocycles. The highest BCUT2D eigenvalue weighted by Crippen LogP contribution is 2.37. The molecule has 10 heteroatoms. The Balaban J connectivity index is 1.80. The van der Waals surface area contributed by atoms with Crippen molar-refractivity contribution in [2.45, 2.75) is 19.2 Å². The molecule has 0 amide bonds. The van der Waals surface area contributed by atoms with Gasteiger partial charge in [0.05, 0.1) is 11.2 Å². The zero-order valence-corrected chi connectivity index (χ0v) is 17.3. The number of nitrogens with one attached hydrogen (secondary N) is 1. The number of hydrogen-bond donors (Lipinski definition) is 1. The number of aromatic nitrogens is 3. The molecule has 28 heavy (non-hydrogen) atoms. The van der Waals surface area contributed by atoms with Crippen molar-refractivity contribution in [3.63, 3.8) is 0 Å². The summed E-state index contributed by atoms with van der Waals surface area (Å²) in [6, 6.07) is 5.03. The Bertz CT molecular complexity index is 910. The monoisotopic (exact) mass is 426 g/mol. The van der Waals surface area contributed by atoms with Crippen molar-refractivity contribution in [1.29, 1.82) is 0 Å². The molecule has 1 unspecified atom stereocenters. The summed E-state index contributed by atoms with van der Waals surface area (Å²) in [7, 11) is -0.535. The average Bonchev–Trinajstić information content (AvgIpc) is 3.13. The summed E-state index contributed by atoms with van der Waals surface area (Å²) in [4.78, 5) is 13.1. The standard InChI is InChI=1S/C18H21F2N4O2PS/c1-3-25-27(2)9-12-10-28-18(23-12)24-17-15-6-13(26-14(7-19)8-20)4-5-16(15)21-11-22-17/h4-6,10-11,14H,3,7-9H2,1-2H3,(H,21,22,23,24). The molecular formula is C18H21F2N4O2PS. The van der Waals surface area contributed by atoms with Crippen LogP contribution < -0.4 is 10.1 Å². The van der Waals surface area contributed by atoms with Crippen LogP contribution in [-0.2, 0) is 10.7 Å². The van der Waals surface area contributed by atoms with Crippen LogP contribution in [0.4, 0.5) is 19.7 Å². The molecule has 0 saturated heterocycles. The molecule has 1 atom stereocenters. The van der Waals surface area contributed by atoms with Crippen LogP contribution in [0.15, 0.2) is 29.9 Å². The number of thiazole rings is 1. The lowest BCUT2D eigenvalue weighted by atomic mass is 10.2. The molecule has 0 saturated carbocycles. The Morgan fingerprint density at radius 2 is 2.07 bits per heavy atom. The maximum absolute atomic E-state index is 12.7. The fraction of sp³-hybridized carbons (Fsp3) is 0.389. The summed E-state index contributed by atoms with van der Waals surface area (Å²) in [5.41, 5.74) is 1.65. The van der Waals surface area contributed by atoms with Crippen LogP contribution in [-0.4, -0.2) is 47.7 Å². The fourth-order valence-electron chi connectivity index (χ4n) is 2.54. The van der Waals surface area contributed by atoms with Crippen molar-refractivity contribution in [2.75, 3.05) is 31.9 Å². The molecule has 1 aromatic carbocycles. The summed E-state index contributed by atoms with van der Waals surface area (Å²) in [5.74, 6) is 0.913. The molecular weight excluding hydrogens is 405 g/mol. The molecule has 6 nitrogen and oxygen atoms in total. The quantitative estimate of drug-likeness (QED) is 0.456. The summed E-state index contributed by atoms with van der Waals surface area (Å²) in [6.07, 6.45) is 1.12. The third-order valence-electron chi connectivity index (χ3n) is 3.76. The first-order chi connectivity index (χ1) is 13.6. The topological polar surface area (TPSA) is 69.2 Å². The van der Waals surface area contributed by atoms with Crippen molar-refractivity contribution in [3.8, 4) is 5.75 Å². The Labute approximate surface area is 167 Å². The van der Waals surface area contributed by atoms with E-state index in [1.165, 1.54) is 17.7 Å². The first-order valence-corrected chi connectivity index (χ1v) is 11.5. The fourth-order valence-corrected chi connectivity index (χ4v) is 4.52. The number of halogens is 2. The van der Waals surface area contributed by atoms with E-state index in [2.05, 4.69) is 26.9 Å². The van der Waals surface area contributed by atoms with Crippen molar-refractivity contribution in [3.05, 3.63) is 35.6 Å². The van der Waals surface area contributed by atoms with Gasteiger partial charge in [-0.2, -0.15) is 0 Å². The minimum Gasteiger partial charge on any atom is -0.485 e. The minimum absolute atomic E-state index is 0.360. The highest BCUT2D eigenvalue weighted by atomic mass is 32.1. The zero-order chi connectivity index (χ0) is 19.9. The minimum atomic E-state index is -1.12. The van der Waals surface area contributed by atoms with E-state index in [1.807, 2.05) is 12.3 Å². The van der Waals surface area contributed by atoms with Crippen LogP contribution in [0, 0.1) is 0 Å². The van der Waals surface area contributed by atoms with Gasteiger partial charge in [0, 0.05) is 31.7 Å². The van der Waals surface area contributed by atoms with E-state index < -0.39 is 27.6 Å². The van der Waals surface area contributed by atoms with Gasteiger partial charge in [0.25, 0.3) is 0 Å². The summed E-state index contributed by atoms with van der Waals surface area (Å²) >= 11 is 1.48. The van der Waals surface area contributed by atoms with Crippen molar-refractivity contribution >= 4 is 41.3 Å². The van der Waals surface area contributed by atoms with Crippen LogP contribution in [0.2, 0.25) is 0 Å². The number of benzene rings is 1. The van der Waals surface area contributed by atoms with Gasteiger partial charge in [0.1, 0.15) is 31.2 Å². The number of rotatable bonds is 10. The number of nitrogens with zero attached hydrogens (tertiary/aromatic N) is 3. The van der Waals surface area contributed by atoms with Crippen LogP contribution >= 0.6 is 19.5 Å². The predicted octanol–water partition coefficient (Wildman–Crippen LogP) is 5.08. The van der Waals surface area contributed by atoms with E-state index in [0.29, 0.717) is 34.2 Å². The van der Waals surface area contributed by atoms with Gasteiger partial charge in [-0.05, 0) is 31.8 Å². The van der Waals surface area contributed by atoms with E-state index >= 15 is 0 Å². The number of alkyl halides is 2. The lowest BCUT2D eigenvalue weighted by Gasteiger charge is -2.13. The summed E-state index contributed by atoms with van der Waals surface area (Å²) in [6.45, 7) is 2.96. The van der Waals surface area contributed by atoms with Crippen molar-refractivity contribution in [1.82, 2.24) is 15.0 Å². The van der Waals surface area contributed by atoms with E-state index in [1.54, 1.807) is 18.2 Å². The maximum atomic E-state index is 12.7. The number of fused-ring (bicyclic) bond motifs is 1. The van der Waals surface area contributed by atoms with Gasteiger partial charge >= 0.3 is 0 Å². The number of hydrogen-bond acceptors (Lipinski definition) is 7.